The van der Waals surface area contributed by atoms with Crippen molar-refractivity contribution < 1.29 is 18.3 Å². The fourth-order valence-electron chi connectivity index (χ4n) is 3.53. The van der Waals surface area contributed by atoms with Gasteiger partial charge in [0.05, 0.1) is 11.8 Å². The smallest absolute Gasteiger partial charge is 0.230 e. The first-order chi connectivity index (χ1) is 16.9. The van der Waals surface area contributed by atoms with Crippen LogP contribution in [-0.4, -0.2) is 26.4 Å². The lowest BCUT2D eigenvalue weighted by Gasteiger charge is -2.15. The second-order valence-electron chi connectivity index (χ2n) is 7.87. The van der Waals surface area contributed by atoms with E-state index in [0.717, 1.165) is 23.1 Å². The number of thioether (sulfide) groups is 1. The molecule has 0 aliphatic carbocycles. The van der Waals surface area contributed by atoms with Crippen LogP contribution in [0.2, 0.25) is 0 Å². The monoisotopic (exact) mass is 494 g/mol. The third-order valence-electron chi connectivity index (χ3n) is 5.30. The molecule has 0 fully saturated rings. The lowest BCUT2D eigenvalue weighted by atomic mass is 10.1. The Morgan fingerprint density at radius 3 is 2.54 bits per heavy atom. The average molecular weight is 495 g/mol. The normalized spacial score (nSPS) is 11.8. The van der Waals surface area contributed by atoms with E-state index in [-0.39, 0.29) is 23.8 Å². The molecule has 1 amide bonds. The van der Waals surface area contributed by atoms with Crippen molar-refractivity contribution in [3.8, 4) is 11.4 Å². The third-order valence-corrected chi connectivity index (χ3v) is 6.23. The number of aromatic nitrogens is 3. The number of hydrogen-bond donors (Lipinski definition) is 1. The summed E-state index contributed by atoms with van der Waals surface area (Å²) in [6.45, 7) is 3.81. The lowest BCUT2D eigenvalue weighted by molar-refractivity contribution is -0.119. The standard InChI is InChI=1S/C26H24F2N4O2S/c1-17-8-6-7-11-23(17)34-15-24-30-31-26(32(24)20-9-4-3-5-10-20)35-16-25(33)29-18(2)21-13-12-19(27)14-22(21)28/h3-14,18H,15-16H2,1-2H3,(H,29,33). The Morgan fingerprint density at radius 2 is 1.80 bits per heavy atom. The van der Waals surface area contributed by atoms with E-state index in [4.69, 9.17) is 4.74 Å². The lowest BCUT2D eigenvalue weighted by Crippen LogP contribution is -2.28. The number of carbonyl (C=O) groups excluding carboxylic acids is 1. The molecule has 0 saturated carbocycles. The summed E-state index contributed by atoms with van der Waals surface area (Å²) in [5, 5.41) is 11.8. The Kier molecular flexibility index (Phi) is 7.77. The van der Waals surface area contributed by atoms with E-state index in [1.54, 1.807) is 6.92 Å². The average Bonchev–Trinajstić information content (AvgIpc) is 3.25. The maximum Gasteiger partial charge on any atom is 0.230 e. The molecule has 4 aromatic rings. The zero-order valence-electron chi connectivity index (χ0n) is 19.2. The van der Waals surface area contributed by atoms with Crippen LogP contribution < -0.4 is 10.1 Å². The van der Waals surface area contributed by atoms with Gasteiger partial charge in [-0.2, -0.15) is 0 Å². The number of hydrogen-bond acceptors (Lipinski definition) is 5. The quantitative estimate of drug-likeness (QED) is 0.316. The van der Waals surface area contributed by atoms with Crippen molar-refractivity contribution in [1.29, 1.82) is 0 Å². The fraction of sp³-hybridized carbons (Fsp3) is 0.192. The summed E-state index contributed by atoms with van der Waals surface area (Å²) in [4.78, 5) is 12.6. The van der Waals surface area contributed by atoms with Crippen LogP contribution in [0.3, 0.4) is 0 Å². The van der Waals surface area contributed by atoms with Gasteiger partial charge in [-0.15, -0.1) is 10.2 Å². The number of para-hydroxylation sites is 2. The molecule has 4 rings (SSSR count). The van der Waals surface area contributed by atoms with Crippen LogP contribution in [0.1, 0.15) is 29.9 Å². The molecule has 0 bridgehead atoms. The van der Waals surface area contributed by atoms with Gasteiger partial charge in [0.25, 0.3) is 0 Å². The minimum absolute atomic E-state index is 0.0385. The number of ether oxygens (including phenoxy) is 1. The van der Waals surface area contributed by atoms with Crippen LogP contribution in [0.25, 0.3) is 5.69 Å². The predicted molar refractivity (Wildman–Crippen MR) is 131 cm³/mol. The molecule has 1 aromatic heterocycles. The number of halogens is 2. The second kappa shape index (κ2) is 11.1. The van der Waals surface area contributed by atoms with Gasteiger partial charge in [0.2, 0.25) is 5.91 Å². The number of rotatable bonds is 9. The minimum atomic E-state index is -0.701. The van der Waals surface area contributed by atoms with Crippen LogP contribution in [-0.2, 0) is 11.4 Å². The van der Waals surface area contributed by atoms with Crippen LogP contribution in [0.15, 0.2) is 78.0 Å². The van der Waals surface area contributed by atoms with Gasteiger partial charge in [-0.25, -0.2) is 8.78 Å². The van der Waals surface area contributed by atoms with Gasteiger partial charge in [0.1, 0.15) is 24.0 Å². The van der Waals surface area contributed by atoms with E-state index in [1.807, 2.05) is 66.1 Å². The van der Waals surface area contributed by atoms with Crippen molar-refractivity contribution in [2.45, 2.75) is 31.7 Å². The van der Waals surface area contributed by atoms with E-state index in [0.29, 0.717) is 11.0 Å². The topological polar surface area (TPSA) is 69.0 Å². The second-order valence-corrected chi connectivity index (χ2v) is 8.81. The molecule has 1 atom stereocenters. The van der Waals surface area contributed by atoms with Crippen molar-refractivity contribution in [3.05, 3.63) is 101 Å². The Morgan fingerprint density at radius 1 is 1.06 bits per heavy atom. The summed E-state index contributed by atoms with van der Waals surface area (Å²) < 4.78 is 35.0. The molecule has 0 aliphatic heterocycles. The van der Waals surface area contributed by atoms with Crippen LogP contribution in [0, 0.1) is 18.6 Å². The largest absolute Gasteiger partial charge is 0.485 e. The molecule has 1 unspecified atom stereocenters. The van der Waals surface area contributed by atoms with Crippen LogP contribution in [0.5, 0.6) is 5.75 Å². The molecule has 1 heterocycles. The molecular weight excluding hydrogens is 470 g/mol. The van der Waals surface area contributed by atoms with E-state index < -0.39 is 17.7 Å². The first-order valence-electron chi connectivity index (χ1n) is 11.0. The molecular formula is C26H24F2N4O2S. The summed E-state index contributed by atoms with van der Waals surface area (Å²) in [6.07, 6.45) is 0. The molecule has 6 nitrogen and oxygen atoms in total. The maximum atomic E-state index is 14.0. The Balaban J connectivity index is 1.47. The first kappa shape index (κ1) is 24.4. The Bertz CT molecular complexity index is 1310. The van der Waals surface area contributed by atoms with Gasteiger partial charge >= 0.3 is 0 Å². The van der Waals surface area contributed by atoms with Gasteiger partial charge in [-0.1, -0.05) is 54.2 Å². The van der Waals surface area contributed by atoms with Crippen molar-refractivity contribution in [2.24, 2.45) is 0 Å². The zero-order valence-corrected chi connectivity index (χ0v) is 20.1. The maximum absolute atomic E-state index is 14.0. The van der Waals surface area contributed by atoms with Crippen LogP contribution >= 0.6 is 11.8 Å². The number of nitrogens with one attached hydrogen (secondary N) is 1. The van der Waals surface area contributed by atoms with Crippen molar-refractivity contribution in [3.63, 3.8) is 0 Å². The summed E-state index contributed by atoms with van der Waals surface area (Å²) >= 11 is 1.21. The highest BCUT2D eigenvalue weighted by Gasteiger charge is 2.19. The predicted octanol–water partition coefficient (Wildman–Crippen LogP) is 5.40. The molecule has 0 saturated heterocycles. The highest BCUT2D eigenvalue weighted by atomic mass is 32.2. The minimum Gasteiger partial charge on any atom is -0.485 e. The third kappa shape index (κ3) is 6.05. The van der Waals surface area contributed by atoms with Crippen molar-refractivity contribution >= 4 is 17.7 Å². The molecule has 1 N–H and O–H groups in total. The fourth-order valence-corrected chi connectivity index (χ4v) is 4.31. The number of amides is 1. The van der Waals surface area contributed by atoms with Crippen molar-refractivity contribution in [1.82, 2.24) is 20.1 Å². The van der Waals surface area contributed by atoms with Gasteiger partial charge in [-0.05, 0) is 43.7 Å². The Hall–Kier alpha value is -3.72. The SMILES string of the molecule is Cc1ccccc1OCc1nnc(SCC(=O)NC(C)c2ccc(F)cc2F)n1-c1ccccc1. The van der Waals surface area contributed by atoms with Crippen molar-refractivity contribution in [2.75, 3.05) is 5.75 Å². The molecule has 9 heteroatoms. The molecule has 0 spiro atoms. The van der Waals surface area contributed by atoms with Gasteiger partial charge in [-0.3, -0.25) is 9.36 Å². The molecule has 180 valence electrons. The summed E-state index contributed by atoms with van der Waals surface area (Å²) in [5.74, 6) is -0.298. The van der Waals surface area contributed by atoms with Gasteiger partial charge in [0, 0.05) is 17.3 Å². The molecule has 0 radical (unpaired) electrons. The summed E-state index contributed by atoms with van der Waals surface area (Å²) in [6, 6.07) is 19.9. The summed E-state index contributed by atoms with van der Waals surface area (Å²) in [5.41, 5.74) is 2.06. The summed E-state index contributed by atoms with van der Waals surface area (Å²) in [7, 11) is 0. The number of nitrogens with zero attached hydrogens (tertiary/aromatic N) is 3. The number of carbonyl (C=O) groups is 1. The molecule has 3 aromatic carbocycles. The Labute approximate surface area is 206 Å². The molecule has 35 heavy (non-hydrogen) atoms. The highest BCUT2D eigenvalue weighted by molar-refractivity contribution is 7.99. The number of benzene rings is 3. The van der Waals surface area contributed by atoms with Crippen LogP contribution in [0.4, 0.5) is 8.78 Å². The van der Waals surface area contributed by atoms with E-state index in [1.165, 1.54) is 23.9 Å². The van der Waals surface area contributed by atoms with Gasteiger partial charge < -0.3 is 10.1 Å². The van der Waals surface area contributed by atoms with E-state index in [9.17, 15) is 13.6 Å². The zero-order chi connectivity index (χ0) is 24.8. The first-order valence-corrected chi connectivity index (χ1v) is 12.0. The van der Waals surface area contributed by atoms with E-state index >= 15 is 0 Å². The number of aryl methyl sites for hydroxylation is 1. The molecule has 0 aliphatic rings. The highest BCUT2D eigenvalue weighted by Crippen LogP contribution is 2.24. The van der Waals surface area contributed by atoms with Gasteiger partial charge in [0.15, 0.2) is 11.0 Å². The van der Waals surface area contributed by atoms with E-state index in [2.05, 4.69) is 15.5 Å².